The number of aliphatic carboxylic acids is 1. The van der Waals surface area contributed by atoms with Crippen LogP contribution in [0.5, 0.6) is 0 Å². The zero-order valence-corrected chi connectivity index (χ0v) is 8.82. The van der Waals surface area contributed by atoms with Gasteiger partial charge in [0.15, 0.2) is 6.10 Å². The molecule has 3 N–H and O–H groups in total. The minimum absolute atomic E-state index is 0.0121. The van der Waals surface area contributed by atoms with Crippen LogP contribution < -0.4 is 5.32 Å². The van der Waals surface area contributed by atoms with Gasteiger partial charge in [-0.25, -0.2) is 4.79 Å². The molecule has 82 valence electrons. The topological polar surface area (TPSA) is 69.6 Å². The highest BCUT2D eigenvalue weighted by molar-refractivity contribution is 5.72. The summed E-state index contributed by atoms with van der Waals surface area (Å²) in [5.41, 5.74) is 3.03. The van der Waals surface area contributed by atoms with Gasteiger partial charge < -0.3 is 15.5 Å². The quantitative estimate of drug-likeness (QED) is 0.696. The number of nitrogens with one attached hydrogen (secondary N) is 1. The lowest BCUT2D eigenvalue weighted by Crippen LogP contribution is -2.28. The molecule has 0 aliphatic carbocycles. The van der Waals surface area contributed by atoms with Crippen LogP contribution in [0.15, 0.2) is 18.2 Å². The summed E-state index contributed by atoms with van der Waals surface area (Å²) in [6.45, 7) is 3.94. The lowest BCUT2D eigenvalue weighted by molar-refractivity contribution is -0.145. The van der Waals surface area contributed by atoms with Crippen molar-refractivity contribution < 1.29 is 15.0 Å². The second kappa shape index (κ2) is 4.79. The van der Waals surface area contributed by atoms with E-state index in [1.807, 2.05) is 32.0 Å². The summed E-state index contributed by atoms with van der Waals surface area (Å²) in [6.07, 6.45) is -1.37. The predicted molar refractivity (Wildman–Crippen MR) is 58.0 cm³/mol. The second-order valence-electron chi connectivity index (χ2n) is 3.61. The van der Waals surface area contributed by atoms with E-state index < -0.39 is 12.1 Å². The molecule has 1 aromatic rings. The molecule has 1 unspecified atom stereocenters. The second-order valence-corrected chi connectivity index (χ2v) is 3.61. The van der Waals surface area contributed by atoms with Crippen molar-refractivity contribution in [3.05, 3.63) is 29.3 Å². The van der Waals surface area contributed by atoms with Crippen molar-refractivity contribution >= 4 is 11.7 Å². The third kappa shape index (κ3) is 3.59. The minimum atomic E-state index is -1.37. The Kier molecular flexibility index (Phi) is 3.68. The van der Waals surface area contributed by atoms with Gasteiger partial charge in [0.2, 0.25) is 0 Å². The van der Waals surface area contributed by atoms with Crippen LogP contribution in [-0.4, -0.2) is 28.8 Å². The summed E-state index contributed by atoms with van der Waals surface area (Å²) in [7, 11) is 0. The molecule has 0 amide bonds. The molecule has 0 bridgehead atoms. The summed E-state index contributed by atoms with van der Waals surface area (Å²) in [5.74, 6) is -1.22. The van der Waals surface area contributed by atoms with Crippen LogP contribution in [0.3, 0.4) is 0 Å². The van der Waals surface area contributed by atoms with Crippen LogP contribution in [0.25, 0.3) is 0 Å². The van der Waals surface area contributed by atoms with Crippen molar-refractivity contribution in [3.63, 3.8) is 0 Å². The van der Waals surface area contributed by atoms with Crippen molar-refractivity contribution in [1.82, 2.24) is 0 Å². The van der Waals surface area contributed by atoms with Gasteiger partial charge in [-0.1, -0.05) is 6.07 Å². The van der Waals surface area contributed by atoms with Crippen molar-refractivity contribution in [2.24, 2.45) is 0 Å². The molecule has 0 saturated carbocycles. The van der Waals surface area contributed by atoms with Gasteiger partial charge in [-0.05, 0) is 37.1 Å². The number of hydrogen-bond donors (Lipinski definition) is 3. The molecule has 1 atom stereocenters. The molecule has 0 fully saturated rings. The molecule has 0 radical (unpaired) electrons. The lowest BCUT2D eigenvalue weighted by Gasteiger charge is -2.10. The fourth-order valence-corrected chi connectivity index (χ4v) is 1.38. The zero-order valence-electron chi connectivity index (χ0n) is 8.82. The Balaban J connectivity index is 2.61. The predicted octanol–water partition coefficient (Wildman–Crippen LogP) is 1.16. The molecule has 15 heavy (non-hydrogen) atoms. The fourth-order valence-electron chi connectivity index (χ4n) is 1.38. The Morgan fingerprint density at radius 3 is 2.33 bits per heavy atom. The first-order chi connectivity index (χ1) is 6.99. The molecule has 0 saturated heterocycles. The van der Waals surface area contributed by atoms with E-state index in [0.29, 0.717) is 0 Å². The van der Waals surface area contributed by atoms with Gasteiger partial charge in [-0.2, -0.15) is 0 Å². The van der Waals surface area contributed by atoms with Gasteiger partial charge in [0, 0.05) is 5.69 Å². The summed E-state index contributed by atoms with van der Waals surface area (Å²) in [6, 6.07) is 5.84. The maximum Gasteiger partial charge on any atom is 0.334 e. The molecule has 0 aromatic heterocycles. The first-order valence-corrected chi connectivity index (χ1v) is 4.72. The van der Waals surface area contributed by atoms with E-state index in [1.165, 1.54) is 0 Å². The van der Waals surface area contributed by atoms with E-state index in [4.69, 9.17) is 10.2 Å². The van der Waals surface area contributed by atoms with Gasteiger partial charge >= 0.3 is 5.97 Å². The highest BCUT2D eigenvalue weighted by Crippen LogP contribution is 2.13. The number of aliphatic hydroxyl groups excluding tert-OH is 1. The summed E-state index contributed by atoms with van der Waals surface area (Å²) in [5, 5.41) is 20.4. The highest BCUT2D eigenvalue weighted by Gasteiger charge is 2.11. The minimum Gasteiger partial charge on any atom is -0.479 e. The van der Waals surface area contributed by atoms with Crippen LogP contribution in [0.2, 0.25) is 0 Å². The Labute approximate surface area is 88.6 Å². The molecular formula is C11H15NO3. The molecule has 1 aromatic carbocycles. The van der Waals surface area contributed by atoms with Gasteiger partial charge in [-0.3, -0.25) is 0 Å². The number of carboxylic acids is 1. The first kappa shape index (κ1) is 11.5. The van der Waals surface area contributed by atoms with Crippen LogP contribution in [0.4, 0.5) is 5.69 Å². The number of aliphatic hydroxyl groups is 1. The summed E-state index contributed by atoms with van der Waals surface area (Å²) >= 11 is 0. The average Bonchev–Trinajstić information content (AvgIpc) is 2.12. The normalized spacial score (nSPS) is 12.2. The zero-order chi connectivity index (χ0) is 11.4. The van der Waals surface area contributed by atoms with Crippen LogP contribution >= 0.6 is 0 Å². The molecule has 0 aliphatic rings. The molecule has 0 aliphatic heterocycles. The third-order valence-electron chi connectivity index (χ3n) is 2.01. The van der Waals surface area contributed by atoms with Gasteiger partial charge in [0.05, 0.1) is 6.54 Å². The number of carboxylic acid groups (broad SMARTS) is 1. The number of carbonyl (C=O) groups is 1. The Bertz CT molecular complexity index is 343. The smallest absolute Gasteiger partial charge is 0.334 e. The summed E-state index contributed by atoms with van der Waals surface area (Å²) in [4.78, 5) is 10.4. The van der Waals surface area contributed by atoms with Gasteiger partial charge in [0.25, 0.3) is 0 Å². The maximum absolute atomic E-state index is 10.4. The Hall–Kier alpha value is -1.55. The number of aryl methyl sites for hydroxylation is 2. The largest absolute Gasteiger partial charge is 0.479 e. The average molecular weight is 209 g/mol. The molecule has 4 heteroatoms. The first-order valence-electron chi connectivity index (χ1n) is 4.72. The number of anilines is 1. The SMILES string of the molecule is Cc1cc(C)cc(NCC(O)C(=O)O)c1. The van der Waals surface area contributed by atoms with Gasteiger partial charge in [0.1, 0.15) is 0 Å². The van der Waals surface area contributed by atoms with Crippen molar-refractivity contribution in [1.29, 1.82) is 0 Å². The fraction of sp³-hybridized carbons (Fsp3) is 0.364. The lowest BCUT2D eigenvalue weighted by atomic mass is 10.1. The number of rotatable bonds is 4. The van der Waals surface area contributed by atoms with Crippen LogP contribution in [0.1, 0.15) is 11.1 Å². The Morgan fingerprint density at radius 2 is 1.87 bits per heavy atom. The van der Waals surface area contributed by atoms with E-state index in [-0.39, 0.29) is 6.54 Å². The van der Waals surface area contributed by atoms with Crippen LogP contribution in [-0.2, 0) is 4.79 Å². The standard InChI is InChI=1S/C11H15NO3/c1-7-3-8(2)5-9(4-7)12-6-10(13)11(14)15/h3-5,10,12-13H,6H2,1-2H3,(H,14,15). The monoisotopic (exact) mass is 209 g/mol. The van der Waals surface area contributed by atoms with E-state index >= 15 is 0 Å². The summed E-state index contributed by atoms with van der Waals surface area (Å²) < 4.78 is 0. The molecule has 4 nitrogen and oxygen atoms in total. The third-order valence-corrected chi connectivity index (χ3v) is 2.01. The van der Waals surface area contributed by atoms with Crippen molar-refractivity contribution in [2.45, 2.75) is 20.0 Å². The molecule has 0 spiro atoms. The van der Waals surface area contributed by atoms with E-state index in [0.717, 1.165) is 16.8 Å². The Morgan fingerprint density at radius 1 is 1.33 bits per heavy atom. The molecule has 1 rings (SSSR count). The van der Waals surface area contributed by atoms with Crippen molar-refractivity contribution in [3.8, 4) is 0 Å². The number of benzene rings is 1. The van der Waals surface area contributed by atoms with E-state index in [2.05, 4.69) is 5.32 Å². The molecule has 0 heterocycles. The number of hydrogen-bond acceptors (Lipinski definition) is 3. The van der Waals surface area contributed by atoms with E-state index in [1.54, 1.807) is 0 Å². The molecular weight excluding hydrogens is 194 g/mol. The highest BCUT2D eigenvalue weighted by atomic mass is 16.4. The van der Waals surface area contributed by atoms with Crippen LogP contribution in [0, 0.1) is 13.8 Å². The maximum atomic E-state index is 10.4. The van der Waals surface area contributed by atoms with Gasteiger partial charge in [-0.15, -0.1) is 0 Å². The van der Waals surface area contributed by atoms with E-state index in [9.17, 15) is 4.79 Å². The van der Waals surface area contributed by atoms with Crippen molar-refractivity contribution in [2.75, 3.05) is 11.9 Å².